The molecule has 0 amide bonds. The highest BCUT2D eigenvalue weighted by Crippen LogP contribution is 2.36. The van der Waals surface area contributed by atoms with Crippen LogP contribution in [0, 0.1) is 0 Å². The van der Waals surface area contributed by atoms with E-state index in [4.69, 9.17) is 5.73 Å². The van der Waals surface area contributed by atoms with Crippen LogP contribution in [-0.2, 0) is 5.54 Å². The third-order valence-electron chi connectivity index (χ3n) is 1.62. The third kappa shape index (κ3) is 1.32. The second kappa shape index (κ2) is 2.52. The maximum absolute atomic E-state index is 12.2. The summed E-state index contributed by atoms with van der Waals surface area (Å²) in [5.41, 5.74) is 2.63. The minimum atomic E-state index is -4.50. The molecule has 0 bridgehead atoms. The first-order valence-electron chi connectivity index (χ1n) is 3.25. The lowest BCUT2D eigenvalue weighted by Gasteiger charge is -2.24. The number of nitrogens with two attached hydrogens (primary N) is 1. The molecule has 5 heteroatoms. The summed E-state index contributed by atoms with van der Waals surface area (Å²) in [4.78, 5) is 0. The summed E-state index contributed by atoms with van der Waals surface area (Å²) in [6.45, 7) is 0.867. The molecule has 0 saturated carbocycles. The Morgan fingerprint density at radius 2 is 2.00 bits per heavy atom. The molecule has 1 aromatic rings. The normalized spacial score (nSPS) is 17.4. The zero-order chi connectivity index (χ0) is 9.41. The van der Waals surface area contributed by atoms with E-state index in [0.29, 0.717) is 0 Å². The molecule has 2 N–H and O–H groups in total. The molecular formula is C7H8F3NO. The number of alkyl halides is 3. The van der Waals surface area contributed by atoms with Gasteiger partial charge in [0.05, 0.1) is 6.26 Å². The lowest BCUT2D eigenvalue weighted by atomic mass is 10.0. The van der Waals surface area contributed by atoms with Crippen LogP contribution in [0.5, 0.6) is 0 Å². The molecule has 2 nitrogen and oxygen atoms in total. The molecule has 1 aromatic heterocycles. The number of hydrogen-bond donors (Lipinski definition) is 1. The van der Waals surface area contributed by atoms with Gasteiger partial charge in [-0.3, -0.25) is 0 Å². The predicted molar refractivity (Wildman–Crippen MR) is 36.3 cm³/mol. The molecule has 68 valence electrons. The lowest BCUT2D eigenvalue weighted by molar-refractivity contribution is -0.188. The van der Waals surface area contributed by atoms with Crippen LogP contribution in [-0.4, -0.2) is 6.18 Å². The Hall–Kier alpha value is -0.970. The number of hydrogen-bond acceptors (Lipinski definition) is 2. The van der Waals surface area contributed by atoms with Gasteiger partial charge in [0.25, 0.3) is 0 Å². The van der Waals surface area contributed by atoms with Crippen molar-refractivity contribution in [1.29, 1.82) is 0 Å². The highest BCUT2D eigenvalue weighted by Gasteiger charge is 2.51. The van der Waals surface area contributed by atoms with Crippen LogP contribution in [0.1, 0.15) is 12.7 Å². The zero-order valence-electron chi connectivity index (χ0n) is 6.35. The van der Waals surface area contributed by atoms with Crippen molar-refractivity contribution in [3.05, 3.63) is 24.2 Å². The second-order valence-electron chi connectivity index (χ2n) is 2.68. The maximum Gasteiger partial charge on any atom is 0.413 e. The van der Waals surface area contributed by atoms with Crippen LogP contribution in [0.3, 0.4) is 0 Å². The molecular weight excluding hydrogens is 171 g/mol. The van der Waals surface area contributed by atoms with Gasteiger partial charge in [0.15, 0.2) is 5.54 Å². The zero-order valence-corrected chi connectivity index (χ0v) is 6.35. The van der Waals surface area contributed by atoms with Crippen molar-refractivity contribution in [2.45, 2.75) is 18.6 Å². The summed E-state index contributed by atoms with van der Waals surface area (Å²) in [5.74, 6) is -0.282. The van der Waals surface area contributed by atoms with Gasteiger partial charge in [-0.05, 0) is 19.1 Å². The average Bonchev–Trinajstić information content (AvgIpc) is 2.34. The largest absolute Gasteiger partial charge is 0.467 e. The molecule has 0 fully saturated rings. The van der Waals surface area contributed by atoms with Crippen LogP contribution in [0.4, 0.5) is 13.2 Å². The SMILES string of the molecule is CC(N)(c1ccco1)C(F)(F)F. The van der Waals surface area contributed by atoms with E-state index >= 15 is 0 Å². The van der Waals surface area contributed by atoms with E-state index in [1.54, 1.807) is 0 Å². The van der Waals surface area contributed by atoms with E-state index in [9.17, 15) is 13.2 Å². The van der Waals surface area contributed by atoms with Gasteiger partial charge in [0, 0.05) is 0 Å². The monoisotopic (exact) mass is 179 g/mol. The van der Waals surface area contributed by atoms with Crippen LogP contribution in [0.2, 0.25) is 0 Å². The average molecular weight is 179 g/mol. The van der Waals surface area contributed by atoms with Crippen molar-refractivity contribution in [2.24, 2.45) is 5.73 Å². The van der Waals surface area contributed by atoms with Crippen LogP contribution < -0.4 is 5.73 Å². The summed E-state index contributed by atoms with van der Waals surface area (Å²) in [6, 6.07) is 2.57. The van der Waals surface area contributed by atoms with Gasteiger partial charge in [-0.1, -0.05) is 0 Å². The van der Waals surface area contributed by atoms with Crippen LogP contribution in [0.25, 0.3) is 0 Å². The second-order valence-corrected chi connectivity index (χ2v) is 2.68. The predicted octanol–water partition coefficient (Wildman–Crippen LogP) is 2.02. The Kier molecular flexibility index (Phi) is 1.91. The summed E-state index contributed by atoms with van der Waals surface area (Å²) in [6.07, 6.45) is -3.34. The Balaban J connectivity index is 3.02. The van der Waals surface area contributed by atoms with Gasteiger partial charge < -0.3 is 10.2 Å². The molecule has 1 unspecified atom stereocenters. The first kappa shape index (κ1) is 9.12. The first-order chi connectivity index (χ1) is 5.36. The van der Waals surface area contributed by atoms with Gasteiger partial charge in [0.1, 0.15) is 5.76 Å². The Morgan fingerprint density at radius 1 is 1.42 bits per heavy atom. The fraction of sp³-hybridized carbons (Fsp3) is 0.429. The molecule has 1 heterocycles. The fourth-order valence-corrected chi connectivity index (χ4v) is 0.714. The van der Waals surface area contributed by atoms with Gasteiger partial charge in [0.2, 0.25) is 0 Å². The molecule has 0 spiro atoms. The van der Waals surface area contributed by atoms with Gasteiger partial charge in [-0.15, -0.1) is 0 Å². The van der Waals surface area contributed by atoms with Crippen molar-refractivity contribution in [2.75, 3.05) is 0 Å². The molecule has 0 radical (unpaired) electrons. The number of halogens is 3. The minimum Gasteiger partial charge on any atom is -0.467 e. The smallest absolute Gasteiger partial charge is 0.413 e. The van der Waals surface area contributed by atoms with Crippen LogP contribution >= 0.6 is 0 Å². The maximum atomic E-state index is 12.2. The van der Waals surface area contributed by atoms with Gasteiger partial charge in [-0.25, -0.2) is 0 Å². The van der Waals surface area contributed by atoms with E-state index in [2.05, 4.69) is 4.42 Å². The van der Waals surface area contributed by atoms with Gasteiger partial charge >= 0.3 is 6.18 Å². The molecule has 0 aliphatic carbocycles. The molecule has 0 aliphatic rings. The van der Waals surface area contributed by atoms with Crippen molar-refractivity contribution in [1.82, 2.24) is 0 Å². The standard InChI is InChI=1S/C7H8F3NO/c1-6(11,7(8,9)10)5-3-2-4-12-5/h2-4H,11H2,1H3. The van der Waals surface area contributed by atoms with Crippen molar-refractivity contribution < 1.29 is 17.6 Å². The summed E-state index contributed by atoms with van der Waals surface area (Å²) >= 11 is 0. The summed E-state index contributed by atoms with van der Waals surface area (Å²) in [5, 5.41) is 0. The fourth-order valence-electron chi connectivity index (χ4n) is 0.714. The minimum absolute atomic E-state index is 0.282. The van der Waals surface area contributed by atoms with Gasteiger partial charge in [-0.2, -0.15) is 13.2 Å². The highest BCUT2D eigenvalue weighted by atomic mass is 19.4. The van der Waals surface area contributed by atoms with E-state index in [-0.39, 0.29) is 5.76 Å². The van der Waals surface area contributed by atoms with E-state index in [1.807, 2.05) is 0 Å². The van der Waals surface area contributed by atoms with E-state index < -0.39 is 11.7 Å². The Labute approximate surface area is 67.2 Å². The molecule has 0 saturated heterocycles. The Morgan fingerprint density at radius 3 is 2.33 bits per heavy atom. The lowest BCUT2D eigenvalue weighted by Crippen LogP contribution is -2.47. The molecule has 1 atom stereocenters. The first-order valence-corrected chi connectivity index (χ1v) is 3.25. The quantitative estimate of drug-likeness (QED) is 0.716. The number of rotatable bonds is 1. The van der Waals surface area contributed by atoms with Crippen molar-refractivity contribution >= 4 is 0 Å². The summed E-state index contributed by atoms with van der Waals surface area (Å²) < 4.78 is 41.2. The van der Waals surface area contributed by atoms with Crippen molar-refractivity contribution in [3.8, 4) is 0 Å². The topological polar surface area (TPSA) is 39.2 Å². The molecule has 1 rings (SSSR count). The van der Waals surface area contributed by atoms with Crippen molar-refractivity contribution in [3.63, 3.8) is 0 Å². The number of furan rings is 1. The van der Waals surface area contributed by atoms with E-state index in [1.165, 1.54) is 12.1 Å². The third-order valence-corrected chi connectivity index (χ3v) is 1.62. The van der Waals surface area contributed by atoms with E-state index in [0.717, 1.165) is 13.2 Å². The molecule has 0 aromatic carbocycles. The Bertz CT molecular complexity index is 250. The molecule has 12 heavy (non-hydrogen) atoms. The summed E-state index contributed by atoms with van der Waals surface area (Å²) in [7, 11) is 0. The van der Waals surface area contributed by atoms with Crippen LogP contribution in [0.15, 0.2) is 22.8 Å². The highest BCUT2D eigenvalue weighted by molar-refractivity contribution is 5.12. The molecule has 0 aliphatic heterocycles.